The highest BCUT2D eigenvalue weighted by atomic mass is 16.6. The molecule has 0 aromatic carbocycles. The molecule has 2 unspecified atom stereocenters. The van der Waals surface area contributed by atoms with Crippen molar-refractivity contribution in [2.24, 2.45) is 35.5 Å². The third-order valence-electron chi connectivity index (χ3n) is 14.9. The number of ketones is 3. The molecule has 4 aliphatic rings. The number of methoxy groups -OCH3 is 3. The minimum Gasteiger partial charge on any atom is -0.460 e. The molecule has 16 heteroatoms. The summed E-state index contributed by atoms with van der Waals surface area (Å²) in [6.07, 6.45) is 2.20. The molecule has 1 aliphatic carbocycles. The fraction of sp³-hybridized carbons (Fsp3) is 0.784. The third-order valence-corrected chi connectivity index (χ3v) is 14.9. The van der Waals surface area contributed by atoms with Crippen LogP contribution in [0.3, 0.4) is 0 Å². The van der Waals surface area contributed by atoms with E-state index < -0.39 is 96.1 Å². The number of rotatable bonds is 6. The molecule has 17 atom stereocenters. The van der Waals surface area contributed by atoms with Gasteiger partial charge in [0, 0.05) is 58.5 Å². The molecule has 5 N–H and O–H groups in total. The molecule has 2 bridgehead atoms. The fourth-order valence-electron chi connectivity index (χ4n) is 10.4. The van der Waals surface area contributed by atoms with Gasteiger partial charge in [-0.2, -0.15) is 0 Å². The smallest absolute Gasteiger partial charge is 0.329 e. The van der Waals surface area contributed by atoms with Crippen molar-refractivity contribution in [1.82, 2.24) is 4.90 Å². The Morgan fingerprint density at radius 2 is 1.51 bits per heavy atom. The number of hydrogen-bond acceptors (Lipinski definition) is 15. The highest BCUT2D eigenvalue weighted by molar-refractivity contribution is 6.39. The maximum absolute atomic E-state index is 14.4. The van der Waals surface area contributed by atoms with E-state index in [1.807, 2.05) is 13.8 Å². The Labute approximate surface area is 397 Å². The van der Waals surface area contributed by atoms with Gasteiger partial charge in [-0.15, -0.1) is 0 Å². The molecule has 2 saturated heterocycles. The first kappa shape index (κ1) is 56.4. The molecule has 0 aromatic heterocycles. The van der Waals surface area contributed by atoms with Gasteiger partial charge in [-0.3, -0.25) is 19.2 Å². The second-order valence-electron chi connectivity index (χ2n) is 20.2. The molecule has 3 fully saturated rings. The van der Waals surface area contributed by atoms with Gasteiger partial charge in [0.15, 0.2) is 5.78 Å². The van der Waals surface area contributed by atoms with Gasteiger partial charge in [-0.05, 0) is 107 Å². The van der Waals surface area contributed by atoms with Crippen molar-refractivity contribution in [1.29, 1.82) is 0 Å². The van der Waals surface area contributed by atoms with Crippen LogP contribution >= 0.6 is 0 Å². The normalized spacial score (nSPS) is 40.8. The van der Waals surface area contributed by atoms with Gasteiger partial charge < -0.3 is 54.1 Å². The summed E-state index contributed by atoms with van der Waals surface area (Å²) in [4.78, 5) is 71.9. The lowest BCUT2D eigenvalue weighted by molar-refractivity contribution is -0.265. The first-order chi connectivity index (χ1) is 31.6. The van der Waals surface area contributed by atoms with Crippen molar-refractivity contribution in [2.45, 2.75) is 192 Å². The number of ether oxygens (including phenoxy) is 5. The van der Waals surface area contributed by atoms with Crippen LogP contribution in [0.5, 0.6) is 0 Å². The molecule has 67 heavy (non-hydrogen) atoms. The third kappa shape index (κ3) is 14.7. The van der Waals surface area contributed by atoms with Crippen molar-refractivity contribution in [3.63, 3.8) is 0 Å². The van der Waals surface area contributed by atoms with E-state index in [0.717, 1.165) is 4.90 Å². The molecule has 0 radical (unpaired) electrons. The van der Waals surface area contributed by atoms with E-state index >= 15 is 0 Å². The maximum Gasteiger partial charge on any atom is 0.329 e. The molecule has 4 rings (SSSR count). The molecule has 380 valence electrons. The topological polar surface area (TPSA) is 236 Å². The van der Waals surface area contributed by atoms with Crippen LogP contribution in [0.4, 0.5) is 0 Å². The number of aliphatic hydroxyl groups is 5. The van der Waals surface area contributed by atoms with Crippen molar-refractivity contribution < 1.29 is 73.2 Å². The largest absolute Gasteiger partial charge is 0.460 e. The predicted octanol–water partition coefficient (Wildman–Crippen LogP) is 4.35. The van der Waals surface area contributed by atoms with Crippen molar-refractivity contribution >= 4 is 29.2 Å². The van der Waals surface area contributed by atoms with Crippen LogP contribution in [0.1, 0.15) is 126 Å². The number of esters is 1. The zero-order valence-electron chi connectivity index (χ0n) is 41.5. The Balaban J connectivity index is 1.72. The molecule has 0 aromatic rings. The molecular formula is C51H81NO15. The molecule has 1 saturated carbocycles. The van der Waals surface area contributed by atoms with Crippen LogP contribution in [-0.2, 0) is 47.7 Å². The van der Waals surface area contributed by atoms with E-state index in [2.05, 4.69) is 0 Å². The van der Waals surface area contributed by atoms with Gasteiger partial charge in [-0.25, -0.2) is 4.79 Å². The Hall–Kier alpha value is -3.19. The van der Waals surface area contributed by atoms with Crippen LogP contribution in [-0.4, -0.2) is 154 Å². The summed E-state index contributed by atoms with van der Waals surface area (Å²) < 4.78 is 29.2. The Morgan fingerprint density at radius 3 is 2.16 bits per heavy atom. The monoisotopic (exact) mass is 948 g/mol. The number of Topliss-reactive ketones (excluding diaryl/α,β-unsaturated/α-hetero) is 3. The quantitative estimate of drug-likeness (QED) is 0.142. The summed E-state index contributed by atoms with van der Waals surface area (Å²) in [6.45, 7) is 12.1. The van der Waals surface area contributed by atoms with E-state index in [4.69, 9.17) is 23.7 Å². The van der Waals surface area contributed by atoms with Crippen LogP contribution < -0.4 is 0 Å². The summed E-state index contributed by atoms with van der Waals surface area (Å²) in [5.74, 6) is -8.88. The van der Waals surface area contributed by atoms with Gasteiger partial charge in [0.1, 0.15) is 42.3 Å². The van der Waals surface area contributed by atoms with Crippen LogP contribution in [0.25, 0.3) is 0 Å². The minimum atomic E-state index is -2.52. The second kappa shape index (κ2) is 25.6. The average Bonchev–Trinajstić information content (AvgIpc) is 3.30. The number of nitrogens with zero attached hydrogens (tertiary/aromatic N) is 1. The summed E-state index contributed by atoms with van der Waals surface area (Å²) in [5, 5.41) is 55.7. The van der Waals surface area contributed by atoms with E-state index in [-0.39, 0.29) is 61.2 Å². The van der Waals surface area contributed by atoms with Gasteiger partial charge >= 0.3 is 5.97 Å². The van der Waals surface area contributed by atoms with Crippen molar-refractivity contribution in [2.75, 3.05) is 27.9 Å². The number of amides is 1. The number of aliphatic hydroxyl groups excluding tert-OH is 4. The number of cyclic esters (lactones) is 1. The molecule has 16 nitrogen and oxygen atoms in total. The van der Waals surface area contributed by atoms with Gasteiger partial charge in [0.2, 0.25) is 5.79 Å². The number of allylic oxidation sites excluding steroid dienone is 2. The lowest BCUT2D eigenvalue weighted by Gasteiger charge is -2.42. The standard InChI is InChI=1S/C51H81NO15/c1-28-14-18-38(53)41(56)24-31(4)42(63-8)26-36-17-15-34(7)51(62,67-36)48(59)49(60)52-20-12-11-13-37(52)50(61)66-43(30(3)23-35-16-19-39(54)44(25-35)64-9)27-40(55)29(2)22-33(6)46(58)47(65-10)45(57)32(5)21-28/h14,18,22,24,28-30,32,34-39,41-44,46-47,53-54,56,58,62H,11-13,15-17,19-21,23,25-27H2,1-10H3/b18-14+,31-24?,33-22+/t28-,29-,30-,32-,34-,35+,36+,37+,38?,39-,41?,42+,43+,44-,46-,47+,51-/m1/s1. The summed E-state index contributed by atoms with van der Waals surface area (Å²) in [5.41, 5.74) is 0.884. The zero-order chi connectivity index (χ0) is 49.9. The van der Waals surface area contributed by atoms with Crippen LogP contribution in [0, 0.1) is 35.5 Å². The first-order valence-electron chi connectivity index (χ1n) is 24.4. The summed E-state index contributed by atoms with van der Waals surface area (Å²) in [7, 11) is 4.35. The lowest BCUT2D eigenvalue weighted by Crippen LogP contribution is -2.61. The summed E-state index contributed by atoms with van der Waals surface area (Å²) in [6, 6.07) is -1.18. The van der Waals surface area contributed by atoms with Gasteiger partial charge in [0.05, 0.1) is 24.4 Å². The Kier molecular flexibility index (Phi) is 21.6. The highest BCUT2D eigenvalue weighted by Gasteiger charge is 2.53. The molecular weight excluding hydrogens is 867 g/mol. The first-order valence-corrected chi connectivity index (χ1v) is 24.4. The molecule has 1 amide bonds. The van der Waals surface area contributed by atoms with E-state index in [0.29, 0.717) is 68.9 Å². The molecule has 0 spiro atoms. The van der Waals surface area contributed by atoms with Crippen LogP contribution in [0.2, 0.25) is 0 Å². The van der Waals surface area contributed by atoms with E-state index in [1.165, 1.54) is 26.4 Å². The average molecular weight is 948 g/mol. The van der Waals surface area contributed by atoms with E-state index in [9.17, 15) is 49.5 Å². The lowest BCUT2D eigenvalue weighted by atomic mass is 9.78. The predicted molar refractivity (Wildman–Crippen MR) is 248 cm³/mol. The number of carbonyl (C=O) groups excluding carboxylic acids is 5. The molecule has 3 aliphatic heterocycles. The molecule has 3 heterocycles. The van der Waals surface area contributed by atoms with Gasteiger partial charge in [-0.1, -0.05) is 58.9 Å². The number of carbonyl (C=O) groups is 5. The van der Waals surface area contributed by atoms with Crippen LogP contribution in [0.15, 0.2) is 35.5 Å². The summed E-state index contributed by atoms with van der Waals surface area (Å²) >= 11 is 0. The maximum atomic E-state index is 14.4. The zero-order valence-corrected chi connectivity index (χ0v) is 41.5. The van der Waals surface area contributed by atoms with Crippen molar-refractivity contribution in [3.05, 3.63) is 35.5 Å². The van der Waals surface area contributed by atoms with Gasteiger partial charge in [0.25, 0.3) is 11.7 Å². The fourth-order valence-corrected chi connectivity index (χ4v) is 10.4. The number of piperidine rings is 1. The SMILES string of the molecule is CO[C@H]1C[C@@H]2CC[C@@H](C)[C@@](O)(O2)C(=O)C(=O)N2CCCC[C@H]2C(=O)O[C@H]([C@H](C)C[C@@H]2CC[C@@H](O)[C@H](OC)C2)CC(=O)[C@H](C)/C=C(\C)[C@@H](O)[C@@H](OC)C(=O)[C@H](C)C[C@H](C)/C=C/C(O)C(O)C=C1C. The van der Waals surface area contributed by atoms with E-state index in [1.54, 1.807) is 53.9 Å². The minimum absolute atomic E-state index is 0.0470. The number of fused-ring (bicyclic) bond motifs is 3. The Morgan fingerprint density at radius 1 is 0.806 bits per heavy atom. The highest BCUT2D eigenvalue weighted by Crippen LogP contribution is 2.38. The number of hydrogen-bond donors (Lipinski definition) is 5. The van der Waals surface area contributed by atoms with Crippen molar-refractivity contribution in [3.8, 4) is 0 Å². The Bertz CT molecular complexity index is 1780. The second-order valence-corrected chi connectivity index (χ2v) is 20.2.